The van der Waals surface area contributed by atoms with Gasteiger partial charge in [-0.1, -0.05) is 25.5 Å². The van der Waals surface area contributed by atoms with E-state index in [9.17, 15) is 4.79 Å². The van der Waals surface area contributed by atoms with Crippen LogP contribution in [0.4, 0.5) is 0 Å². The van der Waals surface area contributed by atoms with E-state index in [-0.39, 0.29) is 5.92 Å². The molecule has 0 radical (unpaired) electrons. The predicted molar refractivity (Wildman–Crippen MR) is 78.1 cm³/mol. The van der Waals surface area contributed by atoms with Crippen LogP contribution in [0, 0.1) is 17.2 Å². The van der Waals surface area contributed by atoms with E-state index < -0.39 is 5.97 Å². The largest absolute Gasteiger partial charge is 0.481 e. The molecule has 108 valence electrons. The van der Waals surface area contributed by atoms with Crippen molar-refractivity contribution in [2.75, 3.05) is 0 Å². The molecule has 4 nitrogen and oxygen atoms in total. The van der Waals surface area contributed by atoms with E-state index in [0.717, 1.165) is 24.9 Å². The van der Waals surface area contributed by atoms with Gasteiger partial charge < -0.3 is 10.4 Å². The van der Waals surface area contributed by atoms with Crippen molar-refractivity contribution in [2.45, 2.75) is 45.7 Å². The van der Waals surface area contributed by atoms with Crippen LogP contribution in [0.3, 0.4) is 0 Å². The van der Waals surface area contributed by atoms with E-state index in [4.69, 9.17) is 10.4 Å². The summed E-state index contributed by atoms with van der Waals surface area (Å²) >= 11 is 0. The molecule has 2 atom stereocenters. The van der Waals surface area contributed by atoms with Gasteiger partial charge in [0, 0.05) is 12.6 Å². The van der Waals surface area contributed by atoms with Crippen LogP contribution in [0.15, 0.2) is 24.3 Å². The lowest BCUT2D eigenvalue weighted by atomic mass is 10.0. The lowest BCUT2D eigenvalue weighted by Crippen LogP contribution is -2.25. The summed E-state index contributed by atoms with van der Waals surface area (Å²) < 4.78 is 0. The highest BCUT2D eigenvalue weighted by Gasteiger charge is 2.11. The molecule has 1 rings (SSSR count). The van der Waals surface area contributed by atoms with Gasteiger partial charge in [0.05, 0.1) is 17.6 Å². The first kappa shape index (κ1) is 16.2. The van der Waals surface area contributed by atoms with Crippen molar-refractivity contribution < 1.29 is 9.90 Å². The Morgan fingerprint density at radius 1 is 1.40 bits per heavy atom. The van der Waals surface area contributed by atoms with E-state index in [0.29, 0.717) is 18.0 Å². The molecule has 0 aliphatic rings. The van der Waals surface area contributed by atoms with Crippen molar-refractivity contribution in [3.05, 3.63) is 35.4 Å². The number of nitriles is 1. The van der Waals surface area contributed by atoms with Gasteiger partial charge in [0.2, 0.25) is 0 Å². The molecule has 0 bridgehead atoms. The lowest BCUT2D eigenvalue weighted by Gasteiger charge is -2.14. The number of carbonyl (C=O) groups is 1. The second-order valence-corrected chi connectivity index (χ2v) is 5.26. The Bertz CT molecular complexity index is 480. The van der Waals surface area contributed by atoms with Crippen molar-refractivity contribution >= 4 is 5.97 Å². The summed E-state index contributed by atoms with van der Waals surface area (Å²) in [5, 5.41) is 21.0. The Labute approximate surface area is 120 Å². The van der Waals surface area contributed by atoms with Crippen LogP contribution in [0.5, 0.6) is 0 Å². The number of rotatable bonds is 8. The maximum atomic E-state index is 10.7. The first-order chi connectivity index (χ1) is 9.52. The SMILES string of the molecule is CC(CCCC(C)C(=O)O)NCc1cccc(C#N)c1. The highest BCUT2D eigenvalue weighted by Crippen LogP contribution is 2.10. The number of benzene rings is 1. The van der Waals surface area contributed by atoms with Gasteiger partial charge in [-0.25, -0.2) is 0 Å². The van der Waals surface area contributed by atoms with E-state index in [2.05, 4.69) is 18.3 Å². The Hall–Kier alpha value is -1.86. The van der Waals surface area contributed by atoms with E-state index >= 15 is 0 Å². The van der Waals surface area contributed by atoms with Gasteiger partial charge in [0.1, 0.15) is 0 Å². The molecule has 0 saturated heterocycles. The normalized spacial score (nSPS) is 13.4. The molecule has 4 heteroatoms. The molecular formula is C16H22N2O2. The summed E-state index contributed by atoms with van der Waals surface area (Å²) in [5.41, 5.74) is 1.77. The zero-order chi connectivity index (χ0) is 15.0. The first-order valence-electron chi connectivity index (χ1n) is 6.98. The average Bonchev–Trinajstić information content (AvgIpc) is 2.45. The molecule has 0 heterocycles. The van der Waals surface area contributed by atoms with Crippen molar-refractivity contribution in [1.82, 2.24) is 5.32 Å². The Morgan fingerprint density at radius 3 is 2.80 bits per heavy atom. The van der Waals surface area contributed by atoms with E-state index in [1.807, 2.05) is 18.2 Å². The number of hydrogen-bond donors (Lipinski definition) is 2. The molecule has 1 aromatic rings. The minimum Gasteiger partial charge on any atom is -0.481 e. The summed E-state index contributed by atoms with van der Waals surface area (Å²) in [6.07, 6.45) is 2.57. The Morgan fingerprint density at radius 2 is 2.15 bits per heavy atom. The molecule has 0 amide bonds. The van der Waals surface area contributed by atoms with E-state index in [1.165, 1.54) is 0 Å². The molecule has 1 aromatic carbocycles. The number of hydrogen-bond acceptors (Lipinski definition) is 3. The molecule has 2 unspecified atom stereocenters. The number of nitrogens with zero attached hydrogens (tertiary/aromatic N) is 1. The smallest absolute Gasteiger partial charge is 0.306 e. The van der Waals surface area contributed by atoms with Crippen LogP contribution < -0.4 is 5.32 Å². The summed E-state index contributed by atoms with van der Waals surface area (Å²) in [4.78, 5) is 10.7. The molecule has 0 aliphatic carbocycles. The standard InChI is InChI=1S/C16H22N2O2/c1-12(16(19)20)5-3-6-13(2)18-11-15-8-4-7-14(9-15)10-17/h4,7-9,12-13,18H,3,5-6,11H2,1-2H3,(H,19,20). The van der Waals surface area contributed by atoms with Gasteiger partial charge in [-0.15, -0.1) is 0 Å². The minimum absolute atomic E-state index is 0.269. The van der Waals surface area contributed by atoms with Crippen molar-refractivity contribution in [3.8, 4) is 6.07 Å². The summed E-state index contributed by atoms with van der Waals surface area (Å²) in [6, 6.07) is 10.0. The van der Waals surface area contributed by atoms with Gasteiger partial charge in [-0.05, 0) is 37.5 Å². The third-order valence-corrected chi connectivity index (χ3v) is 3.41. The van der Waals surface area contributed by atoms with Crippen LogP contribution in [0.2, 0.25) is 0 Å². The van der Waals surface area contributed by atoms with Gasteiger partial charge in [0.25, 0.3) is 0 Å². The number of carboxylic acid groups (broad SMARTS) is 1. The monoisotopic (exact) mass is 274 g/mol. The molecule has 20 heavy (non-hydrogen) atoms. The molecule has 0 spiro atoms. The minimum atomic E-state index is -0.723. The maximum Gasteiger partial charge on any atom is 0.306 e. The predicted octanol–water partition coefficient (Wildman–Crippen LogP) is 2.93. The molecule has 0 saturated carbocycles. The number of carboxylic acids is 1. The summed E-state index contributed by atoms with van der Waals surface area (Å²) in [7, 11) is 0. The van der Waals surface area contributed by atoms with Gasteiger partial charge >= 0.3 is 5.97 Å². The fraction of sp³-hybridized carbons (Fsp3) is 0.500. The van der Waals surface area contributed by atoms with Crippen LogP contribution in [0.1, 0.15) is 44.2 Å². The van der Waals surface area contributed by atoms with Gasteiger partial charge in [-0.2, -0.15) is 5.26 Å². The second kappa shape index (κ2) is 8.34. The fourth-order valence-electron chi connectivity index (χ4n) is 2.00. The zero-order valence-corrected chi connectivity index (χ0v) is 12.1. The Balaban J connectivity index is 2.27. The quantitative estimate of drug-likeness (QED) is 0.764. The van der Waals surface area contributed by atoms with Crippen LogP contribution in [-0.4, -0.2) is 17.1 Å². The Kier molecular flexibility index (Phi) is 6.75. The summed E-state index contributed by atoms with van der Waals surface area (Å²) in [5.74, 6) is -0.992. The van der Waals surface area contributed by atoms with E-state index in [1.54, 1.807) is 13.0 Å². The highest BCUT2D eigenvalue weighted by atomic mass is 16.4. The van der Waals surface area contributed by atoms with Gasteiger partial charge in [0.15, 0.2) is 0 Å². The van der Waals surface area contributed by atoms with Crippen molar-refractivity contribution in [3.63, 3.8) is 0 Å². The van der Waals surface area contributed by atoms with Crippen molar-refractivity contribution in [2.24, 2.45) is 5.92 Å². The molecule has 0 fully saturated rings. The third-order valence-electron chi connectivity index (χ3n) is 3.41. The zero-order valence-electron chi connectivity index (χ0n) is 12.1. The van der Waals surface area contributed by atoms with Crippen LogP contribution in [0.25, 0.3) is 0 Å². The molecule has 0 aliphatic heterocycles. The average molecular weight is 274 g/mol. The topological polar surface area (TPSA) is 73.1 Å². The van der Waals surface area contributed by atoms with Gasteiger partial charge in [-0.3, -0.25) is 4.79 Å². The van der Waals surface area contributed by atoms with Crippen molar-refractivity contribution in [1.29, 1.82) is 5.26 Å². The first-order valence-corrected chi connectivity index (χ1v) is 6.98. The summed E-state index contributed by atoms with van der Waals surface area (Å²) in [6.45, 7) is 4.57. The molecule has 0 aromatic heterocycles. The lowest BCUT2D eigenvalue weighted by molar-refractivity contribution is -0.141. The fourth-order valence-corrected chi connectivity index (χ4v) is 2.00. The molecule has 2 N–H and O–H groups in total. The van der Waals surface area contributed by atoms with Crippen LogP contribution >= 0.6 is 0 Å². The second-order valence-electron chi connectivity index (χ2n) is 5.26. The maximum absolute atomic E-state index is 10.7. The highest BCUT2D eigenvalue weighted by molar-refractivity contribution is 5.69. The third kappa shape index (κ3) is 5.85. The number of nitrogens with one attached hydrogen (secondary N) is 1. The number of aliphatic carboxylic acids is 1. The molecular weight excluding hydrogens is 252 g/mol. The van der Waals surface area contributed by atoms with Crippen LogP contribution in [-0.2, 0) is 11.3 Å².